The fraction of sp³-hybridized carbons (Fsp3) is 0.667. The minimum atomic E-state index is -0.141. The van der Waals surface area contributed by atoms with Crippen molar-refractivity contribution in [2.24, 2.45) is 0 Å². The largest absolute Gasteiger partial charge is 0.354 e. The molecule has 0 heterocycles. The van der Waals surface area contributed by atoms with Gasteiger partial charge in [0.05, 0.1) is 11.5 Å². The van der Waals surface area contributed by atoms with Crippen LogP contribution in [0.15, 0.2) is 24.3 Å². The third kappa shape index (κ3) is 23.2. The molecular weight excluding hydrogens is 472 g/mol. The molecule has 0 aliphatic rings. The van der Waals surface area contributed by atoms with Gasteiger partial charge >= 0.3 is 0 Å². The standard InChI is InChI=1S/C24H42N4O4S2/c1-3-5-7-9-11-13-21(29)25-15-17-27-23(31)19-33-34-20-24(32)28-18-16-26-22(30)14-12-10-8-6-4-2/h9-12H,3-8,13-20H2,1-2H3,(H,25,29)(H,26,30)(H,27,31)(H,28,32). The average Bonchev–Trinajstić information content (AvgIpc) is 2.82. The highest BCUT2D eigenvalue weighted by Crippen LogP contribution is 2.19. The maximum absolute atomic E-state index is 11.8. The first-order valence-electron chi connectivity index (χ1n) is 12.1. The molecule has 8 nitrogen and oxygen atoms in total. The molecule has 0 aromatic rings. The number of hydrogen-bond acceptors (Lipinski definition) is 6. The monoisotopic (exact) mass is 514 g/mol. The van der Waals surface area contributed by atoms with E-state index in [9.17, 15) is 19.2 Å². The maximum atomic E-state index is 11.8. The van der Waals surface area contributed by atoms with Gasteiger partial charge in [0.15, 0.2) is 0 Å². The van der Waals surface area contributed by atoms with E-state index >= 15 is 0 Å². The average molecular weight is 515 g/mol. The molecule has 4 amide bonds. The van der Waals surface area contributed by atoms with Crippen molar-refractivity contribution in [3.05, 3.63) is 24.3 Å². The van der Waals surface area contributed by atoms with E-state index in [1.165, 1.54) is 21.6 Å². The SMILES string of the molecule is CCCCC=CCC(=O)NCCNC(=O)CSSCC(=O)NCCNC(=O)CC=CCCCC. The Bertz CT molecular complexity index is 588. The number of unbranched alkanes of at least 4 members (excludes halogenated alkanes) is 4. The number of nitrogens with one attached hydrogen (secondary N) is 4. The summed E-state index contributed by atoms with van der Waals surface area (Å²) in [5.74, 6) is 0.0616. The Balaban J connectivity index is 3.58. The number of carbonyl (C=O) groups is 4. The van der Waals surface area contributed by atoms with Gasteiger partial charge in [0.2, 0.25) is 23.6 Å². The molecule has 0 rings (SSSR count). The third-order valence-corrected chi connectivity index (χ3v) is 6.52. The first-order valence-corrected chi connectivity index (χ1v) is 14.6. The molecule has 0 aromatic heterocycles. The summed E-state index contributed by atoms with van der Waals surface area (Å²) in [5.41, 5.74) is 0. The topological polar surface area (TPSA) is 116 Å². The van der Waals surface area contributed by atoms with Crippen molar-refractivity contribution < 1.29 is 19.2 Å². The van der Waals surface area contributed by atoms with Gasteiger partial charge in [-0.3, -0.25) is 19.2 Å². The molecule has 4 N–H and O–H groups in total. The van der Waals surface area contributed by atoms with Crippen molar-refractivity contribution in [2.75, 3.05) is 37.7 Å². The molecule has 0 saturated heterocycles. The molecule has 0 spiro atoms. The zero-order valence-corrected chi connectivity index (χ0v) is 22.3. The Morgan fingerprint density at radius 2 is 0.912 bits per heavy atom. The van der Waals surface area contributed by atoms with Gasteiger partial charge in [-0.2, -0.15) is 0 Å². The molecule has 0 radical (unpaired) electrons. The predicted octanol–water partition coefficient (Wildman–Crippen LogP) is 3.11. The van der Waals surface area contributed by atoms with Crippen LogP contribution in [0, 0.1) is 0 Å². The van der Waals surface area contributed by atoms with Crippen LogP contribution in [-0.2, 0) is 19.2 Å². The lowest BCUT2D eigenvalue weighted by atomic mass is 10.2. The van der Waals surface area contributed by atoms with Crippen LogP contribution in [0.25, 0.3) is 0 Å². The summed E-state index contributed by atoms with van der Waals surface area (Å²) in [7, 11) is 2.60. The molecule has 0 bridgehead atoms. The Morgan fingerprint density at radius 3 is 1.26 bits per heavy atom. The van der Waals surface area contributed by atoms with Gasteiger partial charge in [-0.05, 0) is 12.8 Å². The zero-order valence-electron chi connectivity index (χ0n) is 20.7. The summed E-state index contributed by atoms with van der Waals surface area (Å²) in [4.78, 5) is 46.9. The Hall–Kier alpha value is -1.94. The maximum Gasteiger partial charge on any atom is 0.230 e. The quantitative estimate of drug-likeness (QED) is 0.106. The highest BCUT2D eigenvalue weighted by molar-refractivity contribution is 8.77. The Kier molecular flexibility index (Phi) is 22.8. The minimum absolute atomic E-state index is 0.0586. The van der Waals surface area contributed by atoms with E-state index in [1.54, 1.807) is 0 Å². The second kappa shape index (κ2) is 24.2. The van der Waals surface area contributed by atoms with E-state index in [2.05, 4.69) is 35.1 Å². The molecule has 10 heteroatoms. The fourth-order valence-electron chi connectivity index (χ4n) is 2.50. The molecule has 194 valence electrons. The lowest BCUT2D eigenvalue weighted by molar-refractivity contribution is -0.121. The van der Waals surface area contributed by atoms with Crippen LogP contribution in [0.1, 0.15) is 65.2 Å². The van der Waals surface area contributed by atoms with Crippen LogP contribution < -0.4 is 21.3 Å². The van der Waals surface area contributed by atoms with E-state index in [1.807, 2.05) is 24.3 Å². The van der Waals surface area contributed by atoms with E-state index in [-0.39, 0.29) is 35.1 Å². The number of hydrogen-bond donors (Lipinski definition) is 4. The van der Waals surface area contributed by atoms with Gasteiger partial charge in [-0.15, -0.1) is 0 Å². The lowest BCUT2D eigenvalue weighted by Crippen LogP contribution is -2.35. The molecule has 0 fully saturated rings. The summed E-state index contributed by atoms with van der Waals surface area (Å²) in [6.07, 6.45) is 15.0. The summed E-state index contributed by atoms with van der Waals surface area (Å²) in [5, 5.41) is 11.0. The normalized spacial score (nSPS) is 11.0. The Morgan fingerprint density at radius 1 is 0.559 bits per heavy atom. The summed E-state index contributed by atoms with van der Waals surface area (Å²) >= 11 is 0. The summed E-state index contributed by atoms with van der Waals surface area (Å²) < 4.78 is 0. The molecule has 0 aliphatic heterocycles. The van der Waals surface area contributed by atoms with Crippen molar-refractivity contribution in [1.29, 1.82) is 0 Å². The number of carbonyl (C=O) groups excluding carboxylic acids is 4. The van der Waals surface area contributed by atoms with Crippen LogP contribution in [0.5, 0.6) is 0 Å². The summed E-state index contributed by atoms with van der Waals surface area (Å²) in [6.45, 7) is 5.78. The predicted molar refractivity (Wildman–Crippen MR) is 144 cm³/mol. The molecule has 0 atom stereocenters. The van der Waals surface area contributed by atoms with Crippen LogP contribution in [0.3, 0.4) is 0 Å². The minimum Gasteiger partial charge on any atom is -0.354 e. The van der Waals surface area contributed by atoms with Crippen molar-refractivity contribution in [1.82, 2.24) is 21.3 Å². The molecule has 0 aliphatic carbocycles. The third-order valence-electron chi connectivity index (χ3n) is 4.39. The van der Waals surface area contributed by atoms with E-state index < -0.39 is 0 Å². The zero-order chi connectivity index (χ0) is 25.3. The van der Waals surface area contributed by atoms with Gasteiger partial charge in [-0.1, -0.05) is 85.4 Å². The fourth-order valence-corrected chi connectivity index (χ4v) is 4.23. The van der Waals surface area contributed by atoms with E-state index in [0.717, 1.165) is 38.5 Å². The molecule has 34 heavy (non-hydrogen) atoms. The van der Waals surface area contributed by atoms with Crippen LogP contribution in [0.4, 0.5) is 0 Å². The molecular formula is C24H42N4O4S2. The molecule has 0 aromatic carbocycles. The van der Waals surface area contributed by atoms with Crippen molar-refractivity contribution >= 4 is 45.2 Å². The van der Waals surface area contributed by atoms with Crippen molar-refractivity contribution in [3.63, 3.8) is 0 Å². The molecule has 0 unspecified atom stereocenters. The van der Waals surface area contributed by atoms with Crippen molar-refractivity contribution in [2.45, 2.75) is 65.2 Å². The van der Waals surface area contributed by atoms with Crippen LogP contribution in [0.2, 0.25) is 0 Å². The van der Waals surface area contributed by atoms with Gasteiger partial charge in [0.1, 0.15) is 0 Å². The number of allylic oxidation sites excluding steroid dienone is 2. The number of rotatable bonds is 21. The highest BCUT2D eigenvalue weighted by Gasteiger charge is 2.05. The van der Waals surface area contributed by atoms with E-state index in [0.29, 0.717) is 39.0 Å². The second-order valence-corrected chi connectivity index (χ2v) is 10.0. The van der Waals surface area contributed by atoms with Gasteiger partial charge in [-0.25, -0.2) is 0 Å². The molecule has 0 saturated carbocycles. The smallest absolute Gasteiger partial charge is 0.230 e. The van der Waals surface area contributed by atoms with Crippen LogP contribution in [-0.4, -0.2) is 61.3 Å². The van der Waals surface area contributed by atoms with Crippen molar-refractivity contribution in [3.8, 4) is 0 Å². The number of amides is 4. The summed E-state index contributed by atoms with van der Waals surface area (Å²) in [6, 6.07) is 0. The van der Waals surface area contributed by atoms with Crippen LogP contribution >= 0.6 is 21.6 Å². The van der Waals surface area contributed by atoms with E-state index in [4.69, 9.17) is 0 Å². The highest BCUT2D eigenvalue weighted by atomic mass is 33.1. The lowest BCUT2D eigenvalue weighted by Gasteiger charge is -2.07. The van der Waals surface area contributed by atoms with Gasteiger partial charge in [0, 0.05) is 39.0 Å². The Labute approximate surface area is 212 Å². The van der Waals surface area contributed by atoms with Gasteiger partial charge in [0.25, 0.3) is 0 Å². The first kappa shape index (κ1) is 32.1. The van der Waals surface area contributed by atoms with Gasteiger partial charge < -0.3 is 21.3 Å². The second-order valence-electron chi connectivity index (χ2n) is 7.56. The first-order chi connectivity index (χ1) is 16.5.